The van der Waals surface area contributed by atoms with Gasteiger partial charge in [-0.2, -0.15) is 0 Å². The Labute approximate surface area is 125 Å². The van der Waals surface area contributed by atoms with Gasteiger partial charge in [0.05, 0.1) is 11.0 Å². The van der Waals surface area contributed by atoms with E-state index in [1.165, 1.54) is 12.5 Å². The largest absolute Gasteiger partial charge is 0.490 e. The summed E-state index contributed by atoms with van der Waals surface area (Å²) in [7, 11) is 1.69. The molecule has 0 heterocycles. The molecular weight excluding hydrogens is 296 g/mol. The Morgan fingerprint density at radius 2 is 1.75 bits per heavy atom. The first kappa shape index (κ1) is 15.6. The third-order valence-electron chi connectivity index (χ3n) is 3.85. The van der Waals surface area contributed by atoms with Crippen LogP contribution < -0.4 is 4.74 Å². The summed E-state index contributed by atoms with van der Waals surface area (Å²) < 4.78 is 28.7. The molecular formula is C15H21ClO3S. The lowest BCUT2D eigenvalue weighted by Gasteiger charge is -2.31. The van der Waals surface area contributed by atoms with Crippen molar-refractivity contribution in [1.29, 1.82) is 0 Å². The minimum absolute atomic E-state index is 0.150. The quantitative estimate of drug-likeness (QED) is 0.788. The summed E-state index contributed by atoms with van der Waals surface area (Å²) in [6, 6.07) is 4.95. The average Bonchev–Trinajstić information content (AvgIpc) is 2.25. The zero-order valence-corrected chi connectivity index (χ0v) is 13.7. The van der Waals surface area contributed by atoms with Gasteiger partial charge in [-0.05, 0) is 61.8 Å². The smallest absolute Gasteiger partial charge is 0.261 e. The van der Waals surface area contributed by atoms with Crippen molar-refractivity contribution in [3.63, 3.8) is 0 Å². The van der Waals surface area contributed by atoms with Crippen molar-refractivity contribution in [2.75, 3.05) is 0 Å². The third kappa shape index (κ3) is 3.89. The van der Waals surface area contributed by atoms with Crippen LogP contribution >= 0.6 is 10.7 Å². The van der Waals surface area contributed by atoms with E-state index in [4.69, 9.17) is 15.4 Å². The molecule has 20 heavy (non-hydrogen) atoms. The SMILES string of the molecule is Cc1cc(OC2CC(C)CC(C)C2)ccc1S(=O)(=O)Cl. The molecule has 0 bridgehead atoms. The second-order valence-corrected chi connectivity index (χ2v) is 8.56. The molecule has 0 amide bonds. The van der Waals surface area contributed by atoms with Crippen LogP contribution in [-0.2, 0) is 9.05 Å². The summed E-state index contributed by atoms with van der Waals surface area (Å²) >= 11 is 0. The fourth-order valence-electron chi connectivity index (χ4n) is 3.13. The highest BCUT2D eigenvalue weighted by Crippen LogP contribution is 2.32. The van der Waals surface area contributed by atoms with E-state index in [0.717, 1.165) is 18.6 Å². The first-order valence-corrected chi connectivity index (χ1v) is 9.28. The third-order valence-corrected chi connectivity index (χ3v) is 5.33. The van der Waals surface area contributed by atoms with Gasteiger partial charge in [0.15, 0.2) is 0 Å². The minimum Gasteiger partial charge on any atom is -0.490 e. The van der Waals surface area contributed by atoms with Gasteiger partial charge in [0, 0.05) is 10.7 Å². The van der Waals surface area contributed by atoms with E-state index in [2.05, 4.69) is 13.8 Å². The summed E-state index contributed by atoms with van der Waals surface area (Å²) in [6.45, 7) is 6.23. The Balaban J connectivity index is 2.13. The molecule has 1 aliphatic carbocycles. The Bertz CT molecular complexity index is 573. The Morgan fingerprint density at radius 3 is 2.25 bits per heavy atom. The molecule has 1 aliphatic rings. The van der Waals surface area contributed by atoms with Gasteiger partial charge in [0.1, 0.15) is 5.75 Å². The molecule has 0 radical (unpaired) electrons. The molecule has 0 spiro atoms. The summed E-state index contributed by atoms with van der Waals surface area (Å²) in [5.74, 6) is 2.07. The minimum atomic E-state index is -3.68. The number of ether oxygens (including phenoxy) is 1. The van der Waals surface area contributed by atoms with Crippen LogP contribution in [0.1, 0.15) is 38.7 Å². The van der Waals surface area contributed by atoms with Crippen molar-refractivity contribution in [3.8, 4) is 5.75 Å². The van der Waals surface area contributed by atoms with Crippen molar-refractivity contribution >= 4 is 19.7 Å². The lowest BCUT2D eigenvalue weighted by molar-refractivity contribution is 0.101. The van der Waals surface area contributed by atoms with Crippen LogP contribution in [-0.4, -0.2) is 14.5 Å². The molecule has 1 saturated carbocycles. The Kier molecular flexibility index (Phi) is 4.65. The average molecular weight is 317 g/mol. The van der Waals surface area contributed by atoms with Gasteiger partial charge in [0.25, 0.3) is 9.05 Å². The fourth-order valence-corrected chi connectivity index (χ4v) is 4.32. The first-order valence-electron chi connectivity index (χ1n) is 6.97. The molecule has 3 nitrogen and oxygen atoms in total. The predicted molar refractivity (Wildman–Crippen MR) is 80.8 cm³/mol. The Hall–Kier alpha value is -0.740. The second kappa shape index (κ2) is 5.94. The van der Waals surface area contributed by atoms with E-state index in [1.807, 2.05) is 0 Å². The molecule has 112 valence electrons. The highest BCUT2D eigenvalue weighted by molar-refractivity contribution is 8.13. The molecule has 0 saturated heterocycles. The normalized spacial score (nSPS) is 27.3. The number of benzene rings is 1. The molecule has 0 N–H and O–H groups in total. The van der Waals surface area contributed by atoms with Crippen LogP contribution in [0.5, 0.6) is 5.75 Å². The summed E-state index contributed by atoms with van der Waals surface area (Å²) in [5.41, 5.74) is 0.620. The first-order chi connectivity index (χ1) is 9.25. The summed E-state index contributed by atoms with van der Waals surface area (Å²) in [6.07, 6.45) is 3.58. The molecule has 1 fully saturated rings. The van der Waals surface area contributed by atoms with Crippen LogP contribution in [0.2, 0.25) is 0 Å². The molecule has 5 heteroatoms. The zero-order chi connectivity index (χ0) is 14.9. The van der Waals surface area contributed by atoms with Crippen LogP contribution in [0.4, 0.5) is 0 Å². The molecule has 1 aromatic carbocycles. The fraction of sp³-hybridized carbons (Fsp3) is 0.600. The highest BCUT2D eigenvalue weighted by atomic mass is 35.7. The molecule has 2 unspecified atom stereocenters. The van der Waals surface area contributed by atoms with Gasteiger partial charge in [-0.3, -0.25) is 0 Å². The zero-order valence-electron chi connectivity index (χ0n) is 12.1. The van der Waals surface area contributed by atoms with E-state index in [0.29, 0.717) is 17.4 Å². The van der Waals surface area contributed by atoms with Crippen LogP contribution in [0, 0.1) is 18.8 Å². The van der Waals surface area contributed by atoms with Crippen LogP contribution in [0.25, 0.3) is 0 Å². The van der Waals surface area contributed by atoms with E-state index in [-0.39, 0.29) is 11.0 Å². The van der Waals surface area contributed by atoms with Gasteiger partial charge < -0.3 is 4.74 Å². The topological polar surface area (TPSA) is 43.4 Å². The summed E-state index contributed by atoms with van der Waals surface area (Å²) in [5, 5.41) is 0. The monoisotopic (exact) mass is 316 g/mol. The predicted octanol–water partition coefficient (Wildman–Crippen LogP) is 4.13. The Morgan fingerprint density at radius 1 is 1.15 bits per heavy atom. The lowest BCUT2D eigenvalue weighted by Crippen LogP contribution is -2.28. The number of aryl methyl sites for hydroxylation is 1. The van der Waals surface area contributed by atoms with E-state index >= 15 is 0 Å². The van der Waals surface area contributed by atoms with Gasteiger partial charge in [-0.15, -0.1) is 0 Å². The number of halogens is 1. The molecule has 2 rings (SSSR count). The maximum Gasteiger partial charge on any atom is 0.261 e. The maximum atomic E-state index is 11.4. The van der Waals surface area contributed by atoms with E-state index < -0.39 is 9.05 Å². The van der Waals surface area contributed by atoms with Crippen molar-refractivity contribution in [3.05, 3.63) is 23.8 Å². The van der Waals surface area contributed by atoms with Crippen molar-refractivity contribution in [2.24, 2.45) is 11.8 Å². The maximum absolute atomic E-state index is 11.4. The van der Waals surface area contributed by atoms with Crippen LogP contribution in [0.15, 0.2) is 23.1 Å². The molecule has 0 aromatic heterocycles. The summed E-state index contributed by atoms with van der Waals surface area (Å²) in [4.78, 5) is 0.150. The van der Waals surface area contributed by atoms with Gasteiger partial charge in [-0.25, -0.2) is 8.42 Å². The lowest BCUT2D eigenvalue weighted by atomic mass is 9.82. The van der Waals surface area contributed by atoms with Gasteiger partial charge in [0.2, 0.25) is 0 Å². The van der Waals surface area contributed by atoms with E-state index in [9.17, 15) is 8.42 Å². The number of rotatable bonds is 3. The highest BCUT2D eigenvalue weighted by Gasteiger charge is 2.25. The number of hydrogen-bond donors (Lipinski definition) is 0. The van der Waals surface area contributed by atoms with Crippen molar-refractivity contribution in [2.45, 2.75) is 51.0 Å². The van der Waals surface area contributed by atoms with E-state index in [1.54, 1.807) is 19.1 Å². The van der Waals surface area contributed by atoms with Crippen LogP contribution in [0.3, 0.4) is 0 Å². The number of hydrogen-bond acceptors (Lipinski definition) is 3. The van der Waals surface area contributed by atoms with Gasteiger partial charge >= 0.3 is 0 Å². The molecule has 1 aromatic rings. The molecule has 0 aliphatic heterocycles. The van der Waals surface area contributed by atoms with Crippen molar-refractivity contribution in [1.82, 2.24) is 0 Å². The van der Waals surface area contributed by atoms with Crippen molar-refractivity contribution < 1.29 is 13.2 Å². The standard InChI is InChI=1S/C15H21ClO3S/c1-10-6-11(2)8-14(7-10)19-13-4-5-15(12(3)9-13)20(16,17)18/h4-5,9-11,14H,6-8H2,1-3H3. The second-order valence-electron chi connectivity index (χ2n) is 6.02. The van der Waals surface area contributed by atoms with Gasteiger partial charge in [-0.1, -0.05) is 13.8 Å². The molecule has 2 atom stereocenters.